The van der Waals surface area contributed by atoms with Gasteiger partial charge in [-0.3, -0.25) is 8.75 Å². The highest BCUT2D eigenvalue weighted by atomic mass is 32.1. The summed E-state index contributed by atoms with van der Waals surface area (Å²) in [6.07, 6.45) is 0. The number of rotatable bonds is 1. The number of aryl methyl sites for hydroxylation is 1. The minimum atomic E-state index is 0.0995. The Hall–Kier alpha value is -0.870. The van der Waals surface area contributed by atoms with E-state index in [0.29, 0.717) is 0 Å². The number of nitrogens with zero attached hydrogens (tertiary/aromatic N) is 1. The van der Waals surface area contributed by atoms with Gasteiger partial charge in [0.2, 0.25) is 0 Å². The molecule has 0 aliphatic carbocycles. The Bertz CT molecular complexity index is 424. The molecule has 12 heavy (non-hydrogen) atoms. The first-order valence-corrected chi connectivity index (χ1v) is 5.19. The van der Waals surface area contributed by atoms with Crippen molar-refractivity contribution in [1.82, 2.24) is 3.96 Å². The molecular formula is C8H7NOS2. The van der Waals surface area contributed by atoms with Crippen molar-refractivity contribution >= 4 is 22.9 Å². The van der Waals surface area contributed by atoms with Gasteiger partial charge in [0.25, 0.3) is 5.56 Å². The van der Waals surface area contributed by atoms with E-state index in [1.165, 1.54) is 11.5 Å². The van der Waals surface area contributed by atoms with E-state index in [1.54, 1.807) is 22.3 Å². The summed E-state index contributed by atoms with van der Waals surface area (Å²) in [6, 6.07) is 3.92. The van der Waals surface area contributed by atoms with Crippen LogP contribution < -0.4 is 5.56 Å². The molecule has 2 heterocycles. The monoisotopic (exact) mass is 197 g/mol. The zero-order chi connectivity index (χ0) is 8.55. The Balaban J connectivity index is 2.63. The molecule has 0 bridgehead atoms. The fraction of sp³-hybridized carbons (Fsp3) is 0.125. The van der Waals surface area contributed by atoms with Crippen LogP contribution in [0.5, 0.6) is 0 Å². The summed E-state index contributed by atoms with van der Waals surface area (Å²) in [5, 5.41) is 3.88. The zero-order valence-electron chi connectivity index (χ0n) is 6.48. The van der Waals surface area contributed by atoms with E-state index in [4.69, 9.17) is 0 Å². The van der Waals surface area contributed by atoms with Crippen LogP contribution in [0.1, 0.15) is 0 Å². The molecule has 0 unspecified atom stereocenters. The largest absolute Gasteiger partial charge is 0.269 e. The van der Waals surface area contributed by atoms with Gasteiger partial charge < -0.3 is 0 Å². The van der Waals surface area contributed by atoms with Crippen LogP contribution >= 0.6 is 22.9 Å². The number of hydrogen-bond acceptors (Lipinski definition) is 3. The minimum Gasteiger partial charge on any atom is -0.268 e. The standard InChI is InChI=1S/C8H7NOS2/c1-9-8(10)6(5-12-9)7-3-2-4-11-7/h2-5H,1H3. The van der Waals surface area contributed by atoms with E-state index in [1.807, 2.05) is 22.9 Å². The molecule has 0 amide bonds. The molecule has 4 heteroatoms. The lowest BCUT2D eigenvalue weighted by Gasteiger charge is -1.85. The first kappa shape index (κ1) is 7.76. The average molecular weight is 197 g/mol. The molecule has 2 nitrogen and oxygen atoms in total. The molecule has 0 fully saturated rings. The number of thiophene rings is 1. The summed E-state index contributed by atoms with van der Waals surface area (Å²) < 4.78 is 1.63. The Morgan fingerprint density at radius 3 is 2.83 bits per heavy atom. The third-order valence-electron chi connectivity index (χ3n) is 1.63. The average Bonchev–Trinajstić information content (AvgIpc) is 2.64. The summed E-state index contributed by atoms with van der Waals surface area (Å²) >= 11 is 3.04. The quantitative estimate of drug-likeness (QED) is 0.686. The van der Waals surface area contributed by atoms with E-state index in [0.717, 1.165) is 10.4 Å². The molecule has 0 spiro atoms. The second-order valence-electron chi connectivity index (χ2n) is 2.42. The first-order valence-electron chi connectivity index (χ1n) is 3.48. The predicted molar refractivity (Wildman–Crippen MR) is 52.9 cm³/mol. The molecule has 62 valence electrons. The fourth-order valence-corrected chi connectivity index (χ4v) is 2.49. The van der Waals surface area contributed by atoms with Crippen molar-refractivity contribution in [2.24, 2.45) is 7.05 Å². The van der Waals surface area contributed by atoms with Gasteiger partial charge in [-0.05, 0) is 11.4 Å². The molecule has 0 aliphatic rings. The van der Waals surface area contributed by atoms with Crippen molar-refractivity contribution in [3.8, 4) is 10.4 Å². The van der Waals surface area contributed by atoms with Crippen LogP contribution in [0, 0.1) is 0 Å². The smallest absolute Gasteiger partial charge is 0.268 e. The molecule has 2 aromatic heterocycles. The molecule has 0 aromatic carbocycles. The Morgan fingerprint density at radius 1 is 1.50 bits per heavy atom. The molecule has 0 radical (unpaired) electrons. The van der Waals surface area contributed by atoms with Gasteiger partial charge in [-0.25, -0.2) is 0 Å². The van der Waals surface area contributed by atoms with Crippen LogP contribution in [0.2, 0.25) is 0 Å². The van der Waals surface area contributed by atoms with E-state index in [-0.39, 0.29) is 5.56 Å². The first-order chi connectivity index (χ1) is 5.79. The van der Waals surface area contributed by atoms with Gasteiger partial charge in [-0.2, -0.15) is 0 Å². The summed E-state index contributed by atoms with van der Waals surface area (Å²) in [4.78, 5) is 12.5. The topological polar surface area (TPSA) is 22.0 Å². The summed E-state index contributed by atoms with van der Waals surface area (Å²) in [5.41, 5.74) is 0.917. The maximum Gasteiger partial charge on any atom is 0.269 e. The van der Waals surface area contributed by atoms with Gasteiger partial charge >= 0.3 is 0 Å². The summed E-state index contributed by atoms with van der Waals surface area (Å²) in [6.45, 7) is 0. The third-order valence-corrected chi connectivity index (χ3v) is 3.36. The van der Waals surface area contributed by atoms with Crippen molar-refractivity contribution in [1.29, 1.82) is 0 Å². The lowest BCUT2D eigenvalue weighted by Crippen LogP contribution is -2.09. The maximum atomic E-state index is 11.4. The highest BCUT2D eigenvalue weighted by Crippen LogP contribution is 2.22. The van der Waals surface area contributed by atoms with Crippen molar-refractivity contribution in [3.63, 3.8) is 0 Å². The highest BCUT2D eigenvalue weighted by Gasteiger charge is 2.06. The molecule has 0 saturated carbocycles. The highest BCUT2D eigenvalue weighted by molar-refractivity contribution is 7.14. The zero-order valence-corrected chi connectivity index (χ0v) is 8.11. The molecular weight excluding hydrogens is 190 g/mol. The number of aromatic nitrogens is 1. The Kier molecular flexibility index (Phi) is 1.86. The minimum absolute atomic E-state index is 0.0995. The van der Waals surface area contributed by atoms with Crippen molar-refractivity contribution < 1.29 is 0 Å². The van der Waals surface area contributed by atoms with Gasteiger partial charge in [0.15, 0.2) is 0 Å². The SMILES string of the molecule is Cn1scc(-c2cccs2)c1=O. The lowest BCUT2D eigenvalue weighted by molar-refractivity contribution is 0.983. The molecule has 2 rings (SSSR count). The van der Waals surface area contributed by atoms with E-state index in [2.05, 4.69) is 0 Å². The van der Waals surface area contributed by atoms with E-state index in [9.17, 15) is 4.79 Å². The lowest BCUT2D eigenvalue weighted by atomic mass is 10.3. The van der Waals surface area contributed by atoms with Crippen LogP contribution in [-0.4, -0.2) is 3.96 Å². The normalized spacial score (nSPS) is 10.4. The maximum absolute atomic E-state index is 11.4. The third kappa shape index (κ3) is 1.13. The summed E-state index contributed by atoms with van der Waals surface area (Å²) in [7, 11) is 1.78. The fourth-order valence-electron chi connectivity index (χ4n) is 0.995. The van der Waals surface area contributed by atoms with Crippen LogP contribution in [-0.2, 0) is 7.05 Å². The van der Waals surface area contributed by atoms with Crippen LogP contribution in [0.3, 0.4) is 0 Å². The molecule has 2 aromatic rings. The van der Waals surface area contributed by atoms with Gasteiger partial charge in [0, 0.05) is 17.3 Å². The van der Waals surface area contributed by atoms with Crippen molar-refractivity contribution in [2.45, 2.75) is 0 Å². The van der Waals surface area contributed by atoms with Gasteiger partial charge in [0.05, 0.1) is 5.56 Å². The molecule has 0 saturated heterocycles. The van der Waals surface area contributed by atoms with Crippen LogP contribution in [0.4, 0.5) is 0 Å². The van der Waals surface area contributed by atoms with Gasteiger partial charge in [0.1, 0.15) is 0 Å². The number of hydrogen-bond donors (Lipinski definition) is 0. The second-order valence-corrected chi connectivity index (χ2v) is 4.36. The van der Waals surface area contributed by atoms with E-state index < -0.39 is 0 Å². The van der Waals surface area contributed by atoms with Gasteiger partial charge in [-0.15, -0.1) is 11.3 Å². The van der Waals surface area contributed by atoms with Gasteiger partial charge in [-0.1, -0.05) is 17.6 Å². The van der Waals surface area contributed by atoms with Crippen LogP contribution in [0.15, 0.2) is 27.7 Å². The summed E-state index contributed by atoms with van der Waals surface area (Å²) in [5.74, 6) is 0. The van der Waals surface area contributed by atoms with Crippen molar-refractivity contribution in [2.75, 3.05) is 0 Å². The Labute approximate surface area is 77.9 Å². The van der Waals surface area contributed by atoms with E-state index >= 15 is 0 Å². The predicted octanol–water partition coefficient (Wildman–Crippen LogP) is 2.18. The molecule has 0 atom stereocenters. The Morgan fingerprint density at radius 2 is 2.33 bits per heavy atom. The van der Waals surface area contributed by atoms with Crippen molar-refractivity contribution in [3.05, 3.63) is 33.2 Å². The second kappa shape index (κ2) is 2.88. The molecule has 0 N–H and O–H groups in total. The van der Waals surface area contributed by atoms with Crippen LogP contribution in [0.25, 0.3) is 10.4 Å². The molecule has 0 aliphatic heterocycles.